The average Bonchev–Trinajstić information content (AvgIpc) is 3.24. The molecule has 1 amide bonds. The molecule has 0 radical (unpaired) electrons. The third-order valence-electron chi connectivity index (χ3n) is 11.9. The minimum atomic E-state index is -0.0496. The van der Waals surface area contributed by atoms with Gasteiger partial charge in [-0.25, -0.2) is 0 Å². The van der Waals surface area contributed by atoms with Gasteiger partial charge in [0, 0.05) is 13.5 Å². The van der Waals surface area contributed by atoms with Crippen molar-refractivity contribution >= 4 is 5.91 Å². The summed E-state index contributed by atoms with van der Waals surface area (Å²) in [6.07, 6.45) is 13.2. The Morgan fingerprint density at radius 2 is 1.85 bits per heavy atom. The van der Waals surface area contributed by atoms with E-state index in [1.807, 2.05) is 0 Å². The van der Waals surface area contributed by atoms with Crippen LogP contribution in [0.25, 0.3) is 0 Å². The predicted molar refractivity (Wildman–Crippen MR) is 132 cm³/mol. The van der Waals surface area contributed by atoms with Crippen molar-refractivity contribution in [1.82, 2.24) is 5.32 Å². The zero-order valence-electron chi connectivity index (χ0n) is 21.8. The lowest BCUT2D eigenvalue weighted by Crippen LogP contribution is -2.54. The first kappa shape index (κ1) is 24.1. The van der Waals surface area contributed by atoms with Crippen molar-refractivity contribution in [2.24, 2.45) is 52.3 Å². The van der Waals surface area contributed by atoms with Crippen LogP contribution in [0, 0.1) is 52.3 Å². The van der Waals surface area contributed by atoms with E-state index in [1.54, 1.807) is 6.92 Å². The summed E-state index contributed by atoms with van der Waals surface area (Å²) in [4.78, 5) is 11.2. The number of nitrogens with one attached hydrogen (secondary N) is 1. The molecule has 0 spiro atoms. The normalized spacial score (nSPS) is 51.8. The molecule has 1 unspecified atom stereocenters. The third kappa shape index (κ3) is 3.99. The molecule has 4 heteroatoms. The first-order valence-corrected chi connectivity index (χ1v) is 14.2. The quantitative estimate of drug-likeness (QED) is 0.565. The summed E-state index contributed by atoms with van der Waals surface area (Å²) < 4.78 is 6.84. The molecule has 4 saturated carbocycles. The maximum atomic E-state index is 11.2. The Morgan fingerprint density at radius 1 is 1.09 bits per heavy atom. The summed E-state index contributed by atoms with van der Waals surface area (Å²) in [5.74, 6) is 5.26. The Labute approximate surface area is 202 Å². The summed E-state index contributed by atoms with van der Waals surface area (Å²) in [6, 6.07) is 0. The van der Waals surface area contributed by atoms with E-state index in [0.717, 1.165) is 61.8 Å². The third-order valence-corrected chi connectivity index (χ3v) is 11.9. The number of ether oxygens (including phenoxy) is 1. The number of hydrogen-bond donors (Lipinski definition) is 2. The van der Waals surface area contributed by atoms with Crippen molar-refractivity contribution in [3.8, 4) is 0 Å². The Morgan fingerprint density at radius 3 is 2.61 bits per heavy atom. The van der Waals surface area contributed by atoms with Gasteiger partial charge in [0.15, 0.2) is 0 Å². The molecule has 33 heavy (non-hydrogen) atoms. The van der Waals surface area contributed by atoms with E-state index in [2.05, 4.69) is 33.0 Å². The van der Waals surface area contributed by atoms with Crippen molar-refractivity contribution in [3.63, 3.8) is 0 Å². The smallest absolute Gasteiger partial charge is 0.216 e. The Kier molecular flexibility index (Phi) is 6.43. The number of carbonyl (C=O) groups is 1. The summed E-state index contributed by atoms with van der Waals surface area (Å²) >= 11 is 0. The molecule has 5 aliphatic rings. The summed E-state index contributed by atoms with van der Waals surface area (Å²) in [6.45, 7) is 12.3. The van der Waals surface area contributed by atoms with Crippen LogP contribution in [-0.2, 0) is 9.53 Å². The highest BCUT2D eigenvalue weighted by Gasteiger charge is 2.65. The number of aliphatic hydroxyl groups excluding tert-OH is 1. The molecular formula is C29H49NO3. The maximum absolute atomic E-state index is 11.2. The Hall–Kier alpha value is -0.610. The van der Waals surface area contributed by atoms with Gasteiger partial charge in [-0.05, 0) is 116 Å². The minimum absolute atomic E-state index is 0.0496. The van der Waals surface area contributed by atoms with Crippen LogP contribution in [0.2, 0.25) is 0 Å². The lowest BCUT2D eigenvalue weighted by Gasteiger charge is -2.61. The van der Waals surface area contributed by atoms with Gasteiger partial charge in [-0.3, -0.25) is 4.79 Å². The SMILES string of the molecule is CC(=O)NC[C@@H](C)CCC1O[C@H]2C[C@H]3[C@@H]4CC[C@H]5C[C@@H](O)CC[C@]5(C)[C@H]4CC[C@]3(C)[C@H]2[C@@H]1C. The van der Waals surface area contributed by atoms with Gasteiger partial charge in [0.2, 0.25) is 5.91 Å². The van der Waals surface area contributed by atoms with E-state index in [9.17, 15) is 9.90 Å². The zero-order chi connectivity index (χ0) is 23.5. The van der Waals surface area contributed by atoms with Gasteiger partial charge in [0.05, 0.1) is 18.3 Å². The van der Waals surface area contributed by atoms with Crippen LogP contribution in [0.4, 0.5) is 0 Å². The average molecular weight is 460 g/mol. The van der Waals surface area contributed by atoms with Crippen molar-refractivity contribution in [2.45, 2.75) is 117 Å². The van der Waals surface area contributed by atoms with Crippen LogP contribution in [-0.4, -0.2) is 35.9 Å². The van der Waals surface area contributed by atoms with Crippen LogP contribution in [0.1, 0.15) is 98.8 Å². The zero-order valence-corrected chi connectivity index (χ0v) is 21.8. The van der Waals surface area contributed by atoms with Gasteiger partial charge in [0.25, 0.3) is 0 Å². The molecule has 0 aromatic heterocycles. The van der Waals surface area contributed by atoms with Gasteiger partial charge in [0.1, 0.15) is 0 Å². The van der Waals surface area contributed by atoms with Crippen LogP contribution in [0.15, 0.2) is 0 Å². The number of rotatable bonds is 5. The number of amides is 1. The molecule has 5 rings (SSSR count). The predicted octanol–water partition coefficient (Wildman–Crippen LogP) is 5.57. The highest BCUT2D eigenvalue weighted by atomic mass is 16.5. The first-order chi connectivity index (χ1) is 15.6. The number of aliphatic hydroxyl groups is 1. The molecule has 1 aliphatic heterocycles. The molecule has 4 nitrogen and oxygen atoms in total. The molecule has 0 aromatic carbocycles. The van der Waals surface area contributed by atoms with Gasteiger partial charge in [-0.15, -0.1) is 0 Å². The van der Waals surface area contributed by atoms with Crippen LogP contribution in [0.3, 0.4) is 0 Å². The number of fused-ring (bicyclic) bond motifs is 7. The summed E-state index contributed by atoms with van der Waals surface area (Å²) in [5, 5.41) is 13.3. The van der Waals surface area contributed by atoms with Gasteiger partial charge in [-0.2, -0.15) is 0 Å². The second-order valence-corrected chi connectivity index (χ2v) is 13.6. The molecule has 1 heterocycles. The monoisotopic (exact) mass is 459 g/mol. The Balaban J connectivity index is 1.25. The molecule has 2 N–H and O–H groups in total. The van der Waals surface area contributed by atoms with E-state index in [-0.39, 0.29) is 12.0 Å². The van der Waals surface area contributed by atoms with Gasteiger partial charge >= 0.3 is 0 Å². The minimum Gasteiger partial charge on any atom is -0.393 e. The van der Waals surface area contributed by atoms with Crippen LogP contribution in [0.5, 0.6) is 0 Å². The van der Waals surface area contributed by atoms with Crippen LogP contribution >= 0.6 is 0 Å². The fourth-order valence-corrected chi connectivity index (χ4v) is 10.1. The van der Waals surface area contributed by atoms with Crippen molar-refractivity contribution in [1.29, 1.82) is 0 Å². The first-order valence-electron chi connectivity index (χ1n) is 14.2. The highest BCUT2D eigenvalue weighted by Crippen LogP contribution is 2.70. The van der Waals surface area contributed by atoms with E-state index in [1.165, 1.54) is 38.5 Å². The van der Waals surface area contributed by atoms with E-state index in [4.69, 9.17) is 4.74 Å². The fourth-order valence-electron chi connectivity index (χ4n) is 10.1. The molecule has 0 bridgehead atoms. The second kappa shape index (κ2) is 8.80. The topological polar surface area (TPSA) is 58.6 Å². The lowest BCUT2D eigenvalue weighted by molar-refractivity contribution is -0.130. The van der Waals surface area contributed by atoms with Crippen molar-refractivity contribution < 1.29 is 14.6 Å². The fraction of sp³-hybridized carbons (Fsp3) is 0.966. The molecule has 4 aliphatic carbocycles. The van der Waals surface area contributed by atoms with Gasteiger partial charge in [-0.1, -0.05) is 27.7 Å². The highest BCUT2D eigenvalue weighted by molar-refractivity contribution is 5.72. The number of carbonyl (C=O) groups excluding carboxylic acids is 1. The number of hydrogen-bond acceptors (Lipinski definition) is 3. The summed E-state index contributed by atoms with van der Waals surface area (Å²) in [5.41, 5.74) is 0.902. The molecular weight excluding hydrogens is 410 g/mol. The molecule has 0 aromatic rings. The van der Waals surface area contributed by atoms with Crippen LogP contribution < -0.4 is 5.32 Å². The standard InChI is InChI=1S/C29H49NO3/c1-17(16-30-19(3)31)6-9-25-18(2)27-26(33-25)15-24-22-8-7-20-14-21(32)10-12-28(20,4)23(22)11-13-29(24,27)5/h17-18,20-27,32H,6-16H2,1-5H3,(H,30,31)/t17-,18+,20-,21-,22+,23-,24-,25?,26-,27-,28-,29-/m0/s1. The Bertz CT molecular complexity index is 740. The largest absolute Gasteiger partial charge is 0.393 e. The summed E-state index contributed by atoms with van der Waals surface area (Å²) in [7, 11) is 0. The van der Waals surface area contributed by atoms with E-state index in [0.29, 0.717) is 34.9 Å². The molecule has 1 saturated heterocycles. The van der Waals surface area contributed by atoms with Crippen molar-refractivity contribution in [3.05, 3.63) is 0 Å². The van der Waals surface area contributed by atoms with Gasteiger partial charge < -0.3 is 15.2 Å². The maximum Gasteiger partial charge on any atom is 0.216 e. The van der Waals surface area contributed by atoms with Crippen molar-refractivity contribution in [2.75, 3.05) is 6.54 Å². The second-order valence-electron chi connectivity index (χ2n) is 13.6. The molecule has 5 fully saturated rings. The van der Waals surface area contributed by atoms with E-state index >= 15 is 0 Å². The lowest BCUT2D eigenvalue weighted by atomic mass is 9.44. The van der Waals surface area contributed by atoms with E-state index < -0.39 is 0 Å². The molecule has 12 atom stereocenters. The molecule has 188 valence electrons.